The molecule has 0 heterocycles. The molecule has 0 saturated carbocycles. The molecule has 0 aliphatic carbocycles. The zero-order valence-electron chi connectivity index (χ0n) is 10.5. The Morgan fingerprint density at radius 3 is 2.25 bits per heavy atom. The molecule has 0 spiro atoms. The van der Waals surface area contributed by atoms with Crippen LogP contribution in [0, 0.1) is 0 Å². The molecule has 0 aliphatic heterocycles. The molecule has 16 heavy (non-hydrogen) atoms. The van der Waals surface area contributed by atoms with E-state index >= 15 is 0 Å². The summed E-state index contributed by atoms with van der Waals surface area (Å²) in [7, 11) is -0.961. The maximum absolute atomic E-state index is 11.4. The first-order valence-electron chi connectivity index (χ1n) is 5.73. The molecule has 0 saturated heterocycles. The van der Waals surface area contributed by atoms with Crippen LogP contribution in [0.15, 0.2) is 11.8 Å². The van der Waals surface area contributed by atoms with E-state index in [1.54, 1.807) is 0 Å². The zero-order valence-corrected chi connectivity index (χ0v) is 11.9. The van der Waals surface area contributed by atoms with Crippen LogP contribution in [0.25, 0.3) is 0 Å². The van der Waals surface area contributed by atoms with Crippen molar-refractivity contribution in [3.05, 3.63) is 11.8 Å². The highest BCUT2D eigenvalue weighted by Crippen LogP contribution is 2.01. The molecule has 0 amide bonds. The highest BCUT2D eigenvalue weighted by atomic mass is 28.2. The van der Waals surface area contributed by atoms with Crippen LogP contribution in [-0.2, 0) is 19.0 Å². The van der Waals surface area contributed by atoms with E-state index in [-0.39, 0.29) is 11.9 Å². The summed E-state index contributed by atoms with van der Waals surface area (Å²) in [4.78, 5) is 11.4. The lowest BCUT2D eigenvalue weighted by atomic mass is 10.5. The van der Waals surface area contributed by atoms with Gasteiger partial charge in [-0.05, 0) is 20.3 Å². The Bertz CT molecular complexity index is 212. The maximum Gasteiger partial charge on any atom is 0.328 e. The van der Waals surface area contributed by atoms with E-state index in [4.69, 9.17) is 14.2 Å². The monoisotopic (exact) mass is 246 g/mol. The quantitative estimate of drug-likeness (QED) is 0.263. The molecule has 0 bridgehead atoms. The molecule has 0 aromatic heterocycles. The van der Waals surface area contributed by atoms with Crippen molar-refractivity contribution in [3.63, 3.8) is 0 Å². The van der Waals surface area contributed by atoms with Crippen LogP contribution >= 0.6 is 0 Å². The summed E-state index contributed by atoms with van der Waals surface area (Å²) in [5.74, 6) is -0.574. The molecule has 0 aliphatic rings. The van der Waals surface area contributed by atoms with Crippen molar-refractivity contribution in [1.29, 1.82) is 0 Å². The molecule has 4 nitrogen and oxygen atoms in total. The van der Waals surface area contributed by atoms with Gasteiger partial charge in [-0.15, -0.1) is 0 Å². The van der Waals surface area contributed by atoms with Gasteiger partial charge < -0.3 is 14.2 Å². The van der Waals surface area contributed by atoms with Gasteiger partial charge in [0.05, 0.1) is 6.61 Å². The van der Waals surface area contributed by atoms with E-state index in [1.807, 2.05) is 20.8 Å². The number of hydrogen-bond acceptors (Lipinski definition) is 4. The number of carbonyl (C=O) groups is 1. The molecule has 0 atom stereocenters. The minimum Gasteiger partial charge on any atom is -0.463 e. The molecule has 94 valence electrons. The molecule has 0 rings (SSSR count). The summed E-state index contributed by atoms with van der Waals surface area (Å²) in [5.41, 5.74) is 0. The first-order chi connectivity index (χ1) is 7.65. The molecule has 0 unspecified atom stereocenters. The van der Waals surface area contributed by atoms with Crippen molar-refractivity contribution in [3.8, 4) is 0 Å². The van der Waals surface area contributed by atoms with Gasteiger partial charge in [-0.2, -0.15) is 0 Å². The Balaban J connectivity index is 4.01. The van der Waals surface area contributed by atoms with Gasteiger partial charge in [-0.25, -0.2) is 4.79 Å². The summed E-state index contributed by atoms with van der Waals surface area (Å²) in [6.07, 6.45) is 0.820. The summed E-state index contributed by atoms with van der Waals surface area (Å²) in [6.45, 7) is 11.1. The Morgan fingerprint density at radius 1 is 1.25 bits per heavy atom. The van der Waals surface area contributed by atoms with Crippen LogP contribution in [0.5, 0.6) is 0 Å². The Kier molecular flexibility index (Phi) is 9.17. The highest BCUT2D eigenvalue weighted by Gasteiger charge is 2.16. The summed E-state index contributed by atoms with van der Waals surface area (Å²) in [5, 5.41) is 0.528. The number of esters is 1. The van der Waals surface area contributed by atoms with Crippen molar-refractivity contribution in [2.24, 2.45) is 0 Å². The lowest BCUT2D eigenvalue weighted by Crippen LogP contribution is -2.29. The van der Waals surface area contributed by atoms with Crippen LogP contribution < -0.4 is 0 Å². The Morgan fingerprint density at radius 2 is 1.81 bits per heavy atom. The van der Waals surface area contributed by atoms with E-state index < -0.39 is 9.52 Å². The average molecular weight is 246 g/mol. The predicted octanol–water partition coefficient (Wildman–Crippen LogP) is 0.979. The fraction of sp³-hybridized carbons (Fsp3) is 0.727. The van der Waals surface area contributed by atoms with E-state index in [0.29, 0.717) is 25.0 Å². The fourth-order valence-corrected chi connectivity index (χ4v) is 2.50. The molecule has 0 fully saturated rings. The van der Waals surface area contributed by atoms with Crippen molar-refractivity contribution in [1.82, 2.24) is 0 Å². The lowest BCUT2D eigenvalue weighted by Gasteiger charge is -2.17. The summed E-state index contributed by atoms with van der Waals surface area (Å²) < 4.78 is 15.8. The van der Waals surface area contributed by atoms with Gasteiger partial charge in [0.1, 0.15) is 15.4 Å². The molecule has 0 aromatic rings. The Labute approximate surface area is 99.8 Å². The normalized spacial score (nSPS) is 11.2. The second-order valence-corrected chi connectivity index (χ2v) is 5.21. The van der Waals surface area contributed by atoms with Gasteiger partial charge in [-0.3, -0.25) is 0 Å². The smallest absolute Gasteiger partial charge is 0.328 e. The van der Waals surface area contributed by atoms with Gasteiger partial charge in [-0.1, -0.05) is 13.5 Å². The zero-order chi connectivity index (χ0) is 12.4. The van der Waals surface area contributed by atoms with Crippen LogP contribution in [0.1, 0.15) is 27.2 Å². The van der Waals surface area contributed by atoms with Crippen molar-refractivity contribution in [2.75, 3.05) is 19.8 Å². The van der Waals surface area contributed by atoms with Crippen LogP contribution in [-0.4, -0.2) is 41.2 Å². The van der Waals surface area contributed by atoms with E-state index in [1.165, 1.54) is 0 Å². The first-order valence-corrected chi connectivity index (χ1v) is 7.26. The van der Waals surface area contributed by atoms with Gasteiger partial charge in [0.2, 0.25) is 0 Å². The number of ether oxygens (including phenoxy) is 3. The van der Waals surface area contributed by atoms with Crippen molar-refractivity contribution in [2.45, 2.75) is 33.1 Å². The predicted molar refractivity (Wildman–Crippen MR) is 66.0 cm³/mol. The minimum atomic E-state index is -0.961. The molecule has 0 radical (unpaired) electrons. The Hall–Kier alpha value is -0.653. The van der Waals surface area contributed by atoms with E-state index in [2.05, 4.69) is 6.58 Å². The van der Waals surface area contributed by atoms with E-state index in [9.17, 15) is 4.79 Å². The third-order valence-electron chi connectivity index (χ3n) is 1.84. The topological polar surface area (TPSA) is 44.8 Å². The number of hydrogen-bond donors (Lipinski definition) is 0. The average Bonchev–Trinajstić information content (AvgIpc) is 2.26. The summed E-state index contributed by atoms with van der Waals surface area (Å²) in [6, 6.07) is 0. The number of carbonyl (C=O) groups excluding carboxylic acids is 1. The largest absolute Gasteiger partial charge is 0.463 e. The highest BCUT2D eigenvalue weighted by molar-refractivity contribution is 6.53. The maximum atomic E-state index is 11.4. The molecule has 0 N–H and O–H groups in total. The van der Waals surface area contributed by atoms with Crippen LogP contribution in [0.4, 0.5) is 0 Å². The van der Waals surface area contributed by atoms with Gasteiger partial charge in [0, 0.05) is 18.4 Å². The molecular formula is C11H22O4Si. The molecule has 5 heteroatoms. The van der Waals surface area contributed by atoms with Gasteiger partial charge in [0.15, 0.2) is 0 Å². The number of rotatable bonds is 9. The van der Waals surface area contributed by atoms with Crippen LogP contribution in [0.3, 0.4) is 0 Å². The van der Waals surface area contributed by atoms with Crippen molar-refractivity contribution < 1.29 is 19.0 Å². The third-order valence-corrected chi connectivity index (χ3v) is 3.43. The standard InChI is InChI=1S/C11H22O4Si/c1-5-8-15-10(12)9(4)16-11(13-6-2)14-7-3/h11H,4-8,16H2,1-3H3. The van der Waals surface area contributed by atoms with Crippen LogP contribution in [0.2, 0.25) is 0 Å². The van der Waals surface area contributed by atoms with Crippen molar-refractivity contribution >= 4 is 15.5 Å². The lowest BCUT2D eigenvalue weighted by molar-refractivity contribution is -0.138. The summed E-state index contributed by atoms with van der Waals surface area (Å²) >= 11 is 0. The van der Waals surface area contributed by atoms with Gasteiger partial charge >= 0.3 is 5.97 Å². The fourth-order valence-electron chi connectivity index (χ4n) is 1.12. The van der Waals surface area contributed by atoms with Gasteiger partial charge in [0.25, 0.3) is 0 Å². The molecule has 0 aromatic carbocycles. The molecular weight excluding hydrogens is 224 g/mol. The second-order valence-electron chi connectivity index (χ2n) is 3.28. The third kappa shape index (κ3) is 6.76. The SMILES string of the molecule is C=C([SiH2]C(OCC)OCC)C(=O)OCCC. The van der Waals surface area contributed by atoms with E-state index in [0.717, 1.165) is 6.42 Å². The minimum absolute atomic E-state index is 0.267. The second kappa shape index (κ2) is 9.56. The first kappa shape index (κ1) is 15.3.